The van der Waals surface area contributed by atoms with Crippen molar-refractivity contribution in [2.75, 3.05) is 6.54 Å². The van der Waals surface area contributed by atoms with Crippen LogP contribution < -0.4 is 0 Å². The number of ether oxygens (including phenoxy) is 1. The van der Waals surface area contributed by atoms with Gasteiger partial charge in [0.25, 0.3) is 0 Å². The van der Waals surface area contributed by atoms with Gasteiger partial charge in [0, 0.05) is 12.0 Å². The summed E-state index contributed by atoms with van der Waals surface area (Å²) in [6, 6.07) is 9.13. The van der Waals surface area contributed by atoms with Crippen LogP contribution in [-0.4, -0.2) is 40.3 Å². The second kappa shape index (κ2) is 5.65. The number of hydrogen-bond acceptors (Lipinski definition) is 3. The van der Waals surface area contributed by atoms with Crippen molar-refractivity contribution in [3.63, 3.8) is 0 Å². The number of hydrogen-bond donors (Lipinski definition) is 1. The third-order valence-corrected chi connectivity index (χ3v) is 4.61. The van der Waals surface area contributed by atoms with Gasteiger partial charge in [-0.1, -0.05) is 30.3 Å². The second-order valence-corrected chi connectivity index (χ2v) is 7.53. The van der Waals surface area contributed by atoms with Crippen LogP contribution in [0.5, 0.6) is 0 Å². The molecule has 0 aromatic heterocycles. The van der Waals surface area contributed by atoms with Gasteiger partial charge < -0.3 is 9.84 Å². The van der Waals surface area contributed by atoms with Gasteiger partial charge in [0.2, 0.25) is 0 Å². The number of carboxylic acids is 1. The van der Waals surface area contributed by atoms with Crippen molar-refractivity contribution in [1.29, 1.82) is 0 Å². The highest BCUT2D eigenvalue weighted by atomic mass is 16.6. The minimum atomic E-state index is -1.03. The molecule has 1 fully saturated rings. The highest BCUT2D eigenvalue weighted by molar-refractivity contribution is 5.84. The highest BCUT2D eigenvalue weighted by Gasteiger charge is 2.51. The summed E-state index contributed by atoms with van der Waals surface area (Å²) in [7, 11) is 0. The summed E-state index contributed by atoms with van der Waals surface area (Å²) in [5.74, 6) is -1.03. The average molecular weight is 329 g/mol. The van der Waals surface area contributed by atoms with Crippen LogP contribution >= 0.6 is 0 Å². The smallest absolute Gasteiger partial charge is 0.411 e. The molecule has 0 saturated heterocycles. The van der Waals surface area contributed by atoms with E-state index in [9.17, 15) is 14.7 Å². The molecule has 3 rings (SSSR count). The summed E-state index contributed by atoms with van der Waals surface area (Å²) in [5, 5.41) is 9.51. The van der Waals surface area contributed by atoms with Crippen LogP contribution in [0.15, 0.2) is 42.0 Å². The first-order chi connectivity index (χ1) is 11.2. The fourth-order valence-electron chi connectivity index (χ4n) is 3.31. The van der Waals surface area contributed by atoms with Gasteiger partial charge in [-0.3, -0.25) is 4.90 Å². The van der Waals surface area contributed by atoms with Gasteiger partial charge in [0.15, 0.2) is 6.04 Å². The van der Waals surface area contributed by atoms with Crippen LogP contribution in [0.4, 0.5) is 4.79 Å². The number of aliphatic carboxylic acids is 1. The molecule has 0 bridgehead atoms. The van der Waals surface area contributed by atoms with Gasteiger partial charge in [-0.15, -0.1) is 0 Å². The number of amides is 1. The van der Waals surface area contributed by atoms with Crippen molar-refractivity contribution in [2.24, 2.45) is 0 Å². The van der Waals surface area contributed by atoms with Crippen LogP contribution in [0.2, 0.25) is 0 Å². The number of rotatable bonds is 3. The number of benzene rings is 1. The molecular formula is C19H23NO4. The summed E-state index contributed by atoms with van der Waals surface area (Å²) in [5.41, 5.74) is 1.42. The van der Waals surface area contributed by atoms with Gasteiger partial charge >= 0.3 is 12.1 Å². The Labute approximate surface area is 141 Å². The minimum absolute atomic E-state index is 0.119. The van der Waals surface area contributed by atoms with Gasteiger partial charge in [0.1, 0.15) is 5.60 Å². The Hall–Kier alpha value is -2.30. The molecule has 24 heavy (non-hydrogen) atoms. The Kier molecular flexibility index (Phi) is 3.90. The Balaban J connectivity index is 1.86. The maximum atomic E-state index is 12.4. The highest BCUT2D eigenvalue weighted by Crippen LogP contribution is 2.55. The van der Waals surface area contributed by atoms with Crippen LogP contribution in [0.3, 0.4) is 0 Å². The monoisotopic (exact) mass is 329 g/mol. The molecule has 1 heterocycles. The topological polar surface area (TPSA) is 66.8 Å². The molecule has 1 N–H and O–H groups in total. The number of carbonyl (C=O) groups is 2. The van der Waals surface area contributed by atoms with Crippen molar-refractivity contribution in [3.8, 4) is 0 Å². The zero-order chi connectivity index (χ0) is 17.5. The third-order valence-electron chi connectivity index (χ3n) is 4.61. The molecule has 1 saturated carbocycles. The molecule has 1 unspecified atom stereocenters. The van der Waals surface area contributed by atoms with Gasteiger partial charge in [-0.05, 0) is 50.8 Å². The lowest BCUT2D eigenvalue weighted by molar-refractivity contribution is -0.140. The summed E-state index contributed by atoms with van der Waals surface area (Å²) >= 11 is 0. The summed E-state index contributed by atoms with van der Waals surface area (Å²) in [6.45, 7) is 5.63. The molecular weight excluding hydrogens is 306 g/mol. The van der Waals surface area contributed by atoms with E-state index >= 15 is 0 Å². The molecule has 5 nitrogen and oxygen atoms in total. The lowest BCUT2D eigenvalue weighted by Gasteiger charge is -2.27. The lowest BCUT2D eigenvalue weighted by Crippen LogP contribution is -2.44. The molecule has 2 aliphatic rings. The summed E-state index contributed by atoms with van der Waals surface area (Å²) < 4.78 is 5.38. The molecule has 0 spiro atoms. The van der Waals surface area contributed by atoms with Crippen molar-refractivity contribution in [2.45, 2.75) is 50.7 Å². The lowest BCUT2D eigenvalue weighted by atomic mass is 9.88. The molecule has 1 amide bonds. The molecule has 128 valence electrons. The van der Waals surface area contributed by atoms with E-state index in [4.69, 9.17) is 4.74 Å². The van der Waals surface area contributed by atoms with Crippen molar-refractivity contribution < 1.29 is 19.4 Å². The number of carbonyl (C=O) groups excluding carboxylic acids is 1. The average Bonchev–Trinajstić information content (AvgIpc) is 3.18. The molecule has 1 aromatic carbocycles. The molecule has 0 radical (unpaired) electrons. The van der Waals surface area contributed by atoms with Crippen LogP contribution in [0.25, 0.3) is 0 Å². The molecule has 5 heteroatoms. The number of nitrogens with zero attached hydrogens (tertiary/aromatic N) is 1. The maximum Gasteiger partial charge on any atom is 0.411 e. The first-order valence-electron chi connectivity index (χ1n) is 8.22. The summed E-state index contributed by atoms with van der Waals surface area (Å²) in [4.78, 5) is 25.3. The van der Waals surface area contributed by atoms with Crippen molar-refractivity contribution >= 4 is 12.1 Å². The zero-order valence-corrected chi connectivity index (χ0v) is 14.3. The maximum absolute atomic E-state index is 12.4. The predicted molar refractivity (Wildman–Crippen MR) is 89.8 cm³/mol. The second-order valence-electron chi connectivity index (χ2n) is 7.53. The Morgan fingerprint density at radius 1 is 1.21 bits per heavy atom. The van der Waals surface area contributed by atoms with E-state index in [0.29, 0.717) is 6.54 Å². The Morgan fingerprint density at radius 2 is 1.83 bits per heavy atom. The summed E-state index contributed by atoms with van der Waals surface area (Å²) in [6.07, 6.45) is 3.12. The minimum Gasteiger partial charge on any atom is -0.479 e. The van der Waals surface area contributed by atoms with Gasteiger partial charge in [-0.25, -0.2) is 9.59 Å². The third kappa shape index (κ3) is 3.03. The van der Waals surface area contributed by atoms with Crippen molar-refractivity contribution in [1.82, 2.24) is 4.90 Å². The molecule has 1 aliphatic heterocycles. The SMILES string of the molecule is CC(C)(C)OC(=O)N1CC(C2(c3ccccc3)CC2)=CC1C(=O)O. The largest absolute Gasteiger partial charge is 0.479 e. The fourth-order valence-corrected chi connectivity index (χ4v) is 3.31. The predicted octanol–water partition coefficient (Wildman–Crippen LogP) is 3.35. The van der Waals surface area contributed by atoms with Crippen molar-refractivity contribution in [3.05, 3.63) is 47.5 Å². The van der Waals surface area contributed by atoms with E-state index in [2.05, 4.69) is 12.1 Å². The normalized spacial score (nSPS) is 22.0. The van der Waals surface area contributed by atoms with E-state index in [1.165, 1.54) is 10.5 Å². The molecule has 1 aliphatic carbocycles. The van der Waals surface area contributed by atoms with E-state index in [1.54, 1.807) is 26.8 Å². The zero-order valence-electron chi connectivity index (χ0n) is 14.3. The van der Waals surface area contributed by atoms with E-state index < -0.39 is 23.7 Å². The Morgan fingerprint density at radius 3 is 2.33 bits per heavy atom. The van der Waals surface area contributed by atoms with E-state index in [-0.39, 0.29) is 5.41 Å². The standard InChI is InChI=1S/C19H23NO4/c1-18(2,3)24-17(23)20-12-14(11-15(20)16(21)22)19(9-10-19)13-7-5-4-6-8-13/h4-8,11,15H,9-10,12H2,1-3H3,(H,21,22). The number of carboxylic acid groups (broad SMARTS) is 1. The van der Waals surface area contributed by atoms with Crippen LogP contribution in [0.1, 0.15) is 39.2 Å². The first kappa shape index (κ1) is 16.6. The quantitative estimate of drug-likeness (QED) is 0.864. The first-order valence-corrected chi connectivity index (χ1v) is 8.22. The van der Waals surface area contributed by atoms with Gasteiger partial charge in [0.05, 0.1) is 0 Å². The van der Waals surface area contributed by atoms with Gasteiger partial charge in [-0.2, -0.15) is 0 Å². The van der Waals surface area contributed by atoms with Crippen LogP contribution in [-0.2, 0) is 14.9 Å². The van der Waals surface area contributed by atoms with E-state index in [0.717, 1.165) is 18.4 Å². The Bertz CT molecular complexity index is 683. The molecule has 1 aromatic rings. The molecule has 1 atom stereocenters. The fraction of sp³-hybridized carbons (Fsp3) is 0.474. The van der Waals surface area contributed by atoms with Crippen LogP contribution in [0, 0.1) is 0 Å². The van der Waals surface area contributed by atoms with E-state index in [1.807, 2.05) is 18.2 Å².